The minimum absolute atomic E-state index is 0.0782. The summed E-state index contributed by atoms with van der Waals surface area (Å²) in [5.74, 6) is -0.224. The number of carboxylic acids is 1. The van der Waals surface area contributed by atoms with Gasteiger partial charge in [-0.3, -0.25) is 14.3 Å². The number of fused-ring (bicyclic) bond motifs is 1. The van der Waals surface area contributed by atoms with Gasteiger partial charge in [0, 0.05) is 30.4 Å². The van der Waals surface area contributed by atoms with E-state index in [1.54, 1.807) is 37.5 Å². The summed E-state index contributed by atoms with van der Waals surface area (Å²) < 4.78 is 6.78. The van der Waals surface area contributed by atoms with Gasteiger partial charge in [0.15, 0.2) is 11.5 Å². The van der Waals surface area contributed by atoms with Crippen LogP contribution in [0.4, 0.5) is 5.69 Å². The van der Waals surface area contributed by atoms with Gasteiger partial charge in [0.2, 0.25) is 0 Å². The summed E-state index contributed by atoms with van der Waals surface area (Å²) in [5, 5.41) is 17.2. The van der Waals surface area contributed by atoms with E-state index in [2.05, 4.69) is 20.4 Å². The van der Waals surface area contributed by atoms with E-state index in [0.29, 0.717) is 39.4 Å². The van der Waals surface area contributed by atoms with Gasteiger partial charge in [-0.25, -0.2) is 14.8 Å². The van der Waals surface area contributed by atoms with E-state index in [4.69, 9.17) is 21.1 Å². The number of carboxylic acid groups (broad SMARTS) is 1. The minimum atomic E-state index is -1.21. The van der Waals surface area contributed by atoms with Gasteiger partial charge in [-0.05, 0) is 56.7 Å². The molecule has 0 aliphatic carbocycles. The van der Waals surface area contributed by atoms with E-state index in [0.717, 1.165) is 16.8 Å². The molecule has 0 bridgehead atoms. The lowest BCUT2D eigenvalue weighted by molar-refractivity contribution is 0.0691. The number of aromatic carboxylic acids is 1. The first-order valence-corrected chi connectivity index (χ1v) is 12.1. The molecule has 0 amide bonds. The molecule has 0 radical (unpaired) electrons. The zero-order valence-corrected chi connectivity index (χ0v) is 21.7. The number of hydrogen-bond acceptors (Lipinski definition) is 8. The average molecular weight is 531 g/mol. The first-order valence-electron chi connectivity index (χ1n) is 11.7. The monoisotopic (exact) mass is 530 g/mol. The maximum absolute atomic E-state index is 13.4. The van der Waals surface area contributed by atoms with E-state index in [-0.39, 0.29) is 16.4 Å². The molecular formula is C27H23ClN6O4. The summed E-state index contributed by atoms with van der Waals surface area (Å²) in [5.41, 5.74) is 4.00. The highest BCUT2D eigenvalue weighted by Gasteiger charge is 2.20. The Bertz CT molecular complexity index is 1760. The Labute approximate surface area is 221 Å². The molecule has 0 saturated heterocycles. The van der Waals surface area contributed by atoms with Gasteiger partial charge < -0.3 is 14.9 Å². The highest BCUT2D eigenvalue weighted by molar-refractivity contribution is 6.29. The molecule has 10 nitrogen and oxygen atoms in total. The second kappa shape index (κ2) is 9.71. The predicted octanol–water partition coefficient (Wildman–Crippen LogP) is 5.19. The zero-order valence-electron chi connectivity index (χ0n) is 21.0. The lowest BCUT2D eigenvalue weighted by Gasteiger charge is -2.20. The Kier molecular flexibility index (Phi) is 6.41. The quantitative estimate of drug-likeness (QED) is 0.284. The maximum atomic E-state index is 13.4. The highest BCUT2D eigenvalue weighted by Crippen LogP contribution is 2.30. The second-order valence-corrected chi connectivity index (χ2v) is 9.40. The molecule has 0 unspecified atom stereocenters. The molecule has 0 aliphatic heterocycles. The molecule has 4 heterocycles. The average Bonchev–Trinajstić information content (AvgIpc) is 3.33. The third-order valence-electron chi connectivity index (χ3n) is 6.16. The van der Waals surface area contributed by atoms with E-state index in [1.807, 2.05) is 32.9 Å². The fourth-order valence-corrected chi connectivity index (χ4v) is 4.47. The molecule has 11 heteroatoms. The van der Waals surface area contributed by atoms with Crippen LogP contribution >= 0.6 is 11.6 Å². The number of carbonyl (C=O) groups is 1. The number of aromatic nitrogens is 5. The van der Waals surface area contributed by atoms with Crippen molar-refractivity contribution in [3.63, 3.8) is 0 Å². The van der Waals surface area contributed by atoms with Crippen LogP contribution < -0.4 is 10.9 Å². The normalized spacial score (nSPS) is 12.0. The molecule has 0 spiro atoms. The molecule has 1 atom stereocenters. The van der Waals surface area contributed by atoms with Crippen molar-refractivity contribution < 1.29 is 14.4 Å². The molecule has 2 N–H and O–H groups in total. The van der Waals surface area contributed by atoms with Crippen LogP contribution in [-0.2, 0) is 7.05 Å². The zero-order chi connectivity index (χ0) is 27.1. The molecule has 38 heavy (non-hydrogen) atoms. The Hall–Kier alpha value is -4.57. The topological polar surface area (TPSA) is 136 Å². The molecule has 0 fully saturated rings. The van der Waals surface area contributed by atoms with Crippen molar-refractivity contribution in [3.05, 3.63) is 86.7 Å². The Morgan fingerprint density at radius 2 is 1.92 bits per heavy atom. The summed E-state index contributed by atoms with van der Waals surface area (Å²) in [6.07, 6.45) is 1.63. The van der Waals surface area contributed by atoms with Gasteiger partial charge in [-0.2, -0.15) is 0 Å². The van der Waals surface area contributed by atoms with Crippen LogP contribution in [0, 0.1) is 13.8 Å². The van der Waals surface area contributed by atoms with Crippen molar-refractivity contribution in [2.75, 3.05) is 5.32 Å². The summed E-state index contributed by atoms with van der Waals surface area (Å²) in [4.78, 5) is 38.4. The van der Waals surface area contributed by atoms with Crippen molar-refractivity contribution in [3.8, 4) is 22.8 Å². The Morgan fingerprint density at radius 3 is 2.58 bits per heavy atom. The van der Waals surface area contributed by atoms with Gasteiger partial charge in [-0.1, -0.05) is 22.8 Å². The second-order valence-electron chi connectivity index (χ2n) is 9.02. The van der Waals surface area contributed by atoms with Gasteiger partial charge in [0.25, 0.3) is 5.56 Å². The lowest BCUT2D eigenvalue weighted by Crippen LogP contribution is -2.22. The van der Waals surface area contributed by atoms with Gasteiger partial charge >= 0.3 is 5.97 Å². The van der Waals surface area contributed by atoms with Crippen LogP contribution in [0.15, 0.2) is 58.0 Å². The first-order chi connectivity index (χ1) is 18.1. The molecule has 4 aromatic heterocycles. The highest BCUT2D eigenvalue weighted by atomic mass is 35.5. The molecular weight excluding hydrogens is 508 g/mol. The Balaban J connectivity index is 1.60. The van der Waals surface area contributed by atoms with Crippen LogP contribution in [0.2, 0.25) is 5.15 Å². The maximum Gasteiger partial charge on any atom is 0.356 e. The summed E-state index contributed by atoms with van der Waals surface area (Å²) in [6, 6.07) is 11.8. The van der Waals surface area contributed by atoms with Crippen molar-refractivity contribution in [2.24, 2.45) is 7.05 Å². The number of pyridine rings is 2. The number of rotatable bonds is 6. The predicted molar refractivity (Wildman–Crippen MR) is 143 cm³/mol. The van der Waals surface area contributed by atoms with Crippen LogP contribution in [0.3, 0.4) is 0 Å². The van der Waals surface area contributed by atoms with Gasteiger partial charge in [0.05, 0.1) is 28.3 Å². The largest absolute Gasteiger partial charge is 0.476 e. The van der Waals surface area contributed by atoms with E-state index < -0.39 is 12.0 Å². The molecule has 192 valence electrons. The van der Waals surface area contributed by atoms with Crippen molar-refractivity contribution in [2.45, 2.75) is 26.8 Å². The van der Waals surface area contributed by atoms with Crippen molar-refractivity contribution in [1.82, 2.24) is 24.7 Å². The number of hydrogen-bond donors (Lipinski definition) is 2. The number of benzene rings is 1. The van der Waals surface area contributed by atoms with Crippen LogP contribution in [0.5, 0.6) is 0 Å². The number of aryl methyl sites for hydroxylation is 2. The molecule has 1 aromatic carbocycles. The van der Waals surface area contributed by atoms with Crippen LogP contribution in [0.25, 0.3) is 33.7 Å². The molecule has 5 aromatic rings. The molecule has 0 aliphatic rings. The van der Waals surface area contributed by atoms with Gasteiger partial charge in [-0.15, -0.1) is 0 Å². The smallest absolute Gasteiger partial charge is 0.356 e. The SMILES string of the molecule is Cc1cc([C@@H](C)Nc2ccc(Cl)nc2C(=O)O)c2nc(-c3ccc(-c4cc(C)no4)nc3)n(C)c(=O)c2c1. The van der Waals surface area contributed by atoms with E-state index in [1.165, 1.54) is 10.6 Å². The van der Waals surface area contributed by atoms with Crippen LogP contribution in [-0.4, -0.2) is 35.8 Å². The first kappa shape index (κ1) is 25.1. The summed E-state index contributed by atoms with van der Waals surface area (Å²) >= 11 is 5.90. The summed E-state index contributed by atoms with van der Waals surface area (Å²) in [6.45, 7) is 5.59. The van der Waals surface area contributed by atoms with E-state index in [9.17, 15) is 14.7 Å². The number of nitrogens with one attached hydrogen (secondary N) is 1. The van der Waals surface area contributed by atoms with Crippen LogP contribution in [0.1, 0.15) is 40.3 Å². The fraction of sp³-hybridized carbons (Fsp3) is 0.185. The summed E-state index contributed by atoms with van der Waals surface area (Å²) in [7, 11) is 1.67. The fourth-order valence-electron chi connectivity index (χ4n) is 4.32. The standard InChI is InChI=1S/C27H23ClN6O4/c1-13-9-17(15(3)30-20-7-8-22(28)31-24(20)27(36)37)23-18(10-13)26(35)34(4)25(32-23)16-5-6-19(29-12-16)21-11-14(2)33-38-21/h5-12,15,30H,1-4H3,(H,36,37)/t15-/m1/s1. The minimum Gasteiger partial charge on any atom is -0.476 e. The van der Waals surface area contributed by atoms with Crippen molar-refractivity contribution >= 4 is 34.2 Å². The van der Waals surface area contributed by atoms with Crippen molar-refractivity contribution in [1.29, 1.82) is 0 Å². The third-order valence-corrected chi connectivity index (χ3v) is 6.37. The molecule has 0 saturated carbocycles. The Morgan fingerprint density at radius 1 is 1.13 bits per heavy atom. The molecule has 5 rings (SSSR count). The third kappa shape index (κ3) is 4.61. The number of halogens is 1. The lowest BCUT2D eigenvalue weighted by atomic mass is 10.0. The number of anilines is 1. The van der Waals surface area contributed by atoms with E-state index >= 15 is 0 Å². The number of nitrogens with zero attached hydrogens (tertiary/aromatic N) is 5. The van der Waals surface area contributed by atoms with Gasteiger partial charge in [0.1, 0.15) is 16.7 Å².